The van der Waals surface area contributed by atoms with Gasteiger partial charge in [-0.3, -0.25) is 0 Å². The van der Waals surface area contributed by atoms with Crippen LogP contribution < -0.4 is 5.32 Å². The first-order chi connectivity index (χ1) is 11.7. The van der Waals surface area contributed by atoms with Crippen LogP contribution in [0.4, 0.5) is 5.82 Å². The van der Waals surface area contributed by atoms with Gasteiger partial charge < -0.3 is 14.8 Å². The first-order valence-electron chi connectivity index (χ1n) is 9.52. The van der Waals surface area contributed by atoms with Crippen molar-refractivity contribution in [3.8, 4) is 0 Å². The zero-order valence-corrected chi connectivity index (χ0v) is 15.0. The average molecular weight is 327 g/mol. The van der Waals surface area contributed by atoms with Crippen molar-refractivity contribution >= 4 is 16.9 Å². The molecule has 0 amide bonds. The van der Waals surface area contributed by atoms with Crippen molar-refractivity contribution in [1.29, 1.82) is 0 Å². The van der Waals surface area contributed by atoms with E-state index in [9.17, 15) is 0 Å². The molecule has 2 aromatic heterocycles. The lowest BCUT2D eigenvalue weighted by Gasteiger charge is -2.31. The van der Waals surface area contributed by atoms with E-state index in [2.05, 4.69) is 39.8 Å². The molecule has 1 N–H and O–H groups in total. The van der Waals surface area contributed by atoms with Gasteiger partial charge in [0.25, 0.3) is 0 Å². The van der Waals surface area contributed by atoms with E-state index in [1.807, 2.05) is 6.33 Å². The number of fused-ring (bicyclic) bond motifs is 1. The highest BCUT2D eigenvalue weighted by molar-refractivity contribution is 5.86. The Hall–Kier alpha value is -1.62. The summed E-state index contributed by atoms with van der Waals surface area (Å²) in [4.78, 5) is 12.2. The minimum Gasteiger partial charge on any atom is -0.368 e. The van der Waals surface area contributed by atoms with Crippen LogP contribution in [0.1, 0.15) is 50.6 Å². The van der Waals surface area contributed by atoms with Gasteiger partial charge >= 0.3 is 0 Å². The molecule has 5 nitrogen and oxygen atoms in total. The Kier molecular flexibility index (Phi) is 4.44. The zero-order valence-electron chi connectivity index (χ0n) is 15.0. The fourth-order valence-corrected chi connectivity index (χ4v) is 3.81. The summed E-state index contributed by atoms with van der Waals surface area (Å²) in [6.45, 7) is 6.94. The fourth-order valence-electron chi connectivity index (χ4n) is 3.81. The first-order valence-corrected chi connectivity index (χ1v) is 9.52. The molecule has 0 aromatic carbocycles. The lowest BCUT2D eigenvalue weighted by molar-refractivity contribution is 0.211. The Bertz CT molecular complexity index is 695. The fraction of sp³-hybridized carbons (Fsp3) is 0.684. The van der Waals surface area contributed by atoms with Crippen LogP contribution in [-0.2, 0) is 7.05 Å². The second-order valence-electron chi connectivity index (χ2n) is 7.56. The highest BCUT2D eigenvalue weighted by Crippen LogP contribution is 2.33. The molecule has 0 unspecified atom stereocenters. The summed E-state index contributed by atoms with van der Waals surface area (Å²) in [5, 5.41) is 3.57. The van der Waals surface area contributed by atoms with Gasteiger partial charge in [-0.25, -0.2) is 9.97 Å². The van der Waals surface area contributed by atoms with Crippen molar-refractivity contribution in [3.05, 3.63) is 18.1 Å². The van der Waals surface area contributed by atoms with Crippen LogP contribution >= 0.6 is 0 Å². The van der Waals surface area contributed by atoms with Crippen LogP contribution in [0.3, 0.4) is 0 Å². The molecule has 0 radical (unpaired) electrons. The van der Waals surface area contributed by atoms with Crippen molar-refractivity contribution in [2.45, 2.75) is 44.9 Å². The number of aryl methyl sites for hydroxylation is 1. The third kappa shape index (κ3) is 3.27. The second kappa shape index (κ2) is 6.71. The molecule has 3 heterocycles. The van der Waals surface area contributed by atoms with E-state index in [-0.39, 0.29) is 0 Å². The monoisotopic (exact) mass is 327 g/mol. The maximum atomic E-state index is 5.00. The topological polar surface area (TPSA) is 46.0 Å². The smallest absolute Gasteiger partial charge is 0.154 e. The first kappa shape index (κ1) is 15.9. The van der Waals surface area contributed by atoms with E-state index >= 15 is 0 Å². The van der Waals surface area contributed by atoms with E-state index in [1.54, 1.807) is 0 Å². The summed E-state index contributed by atoms with van der Waals surface area (Å²) < 4.78 is 2.12. The van der Waals surface area contributed by atoms with E-state index in [0.717, 1.165) is 23.8 Å². The van der Waals surface area contributed by atoms with Crippen LogP contribution in [-0.4, -0.2) is 45.6 Å². The van der Waals surface area contributed by atoms with Crippen LogP contribution in [0, 0.1) is 5.92 Å². The number of hydrogen-bond donors (Lipinski definition) is 1. The Labute approximate surface area is 144 Å². The van der Waals surface area contributed by atoms with Crippen molar-refractivity contribution in [2.24, 2.45) is 13.0 Å². The molecular weight excluding hydrogens is 298 g/mol. The lowest BCUT2D eigenvalue weighted by Crippen LogP contribution is -2.33. The Morgan fingerprint density at radius 2 is 2.00 bits per heavy atom. The molecule has 2 fully saturated rings. The lowest BCUT2D eigenvalue weighted by atomic mass is 9.92. The third-order valence-corrected chi connectivity index (χ3v) is 5.53. The van der Waals surface area contributed by atoms with Gasteiger partial charge in [-0.15, -0.1) is 0 Å². The van der Waals surface area contributed by atoms with Gasteiger partial charge in [0.2, 0.25) is 0 Å². The molecule has 130 valence electrons. The van der Waals surface area contributed by atoms with Crippen LogP contribution in [0.15, 0.2) is 12.4 Å². The van der Waals surface area contributed by atoms with Gasteiger partial charge in [-0.2, -0.15) is 0 Å². The van der Waals surface area contributed by atoms with Gasteiger partial charge in [-0.1, -0.05) is 6.92 Å². The van der Waals surface area contributed by atoms with Crippen LogP contribution in [0.5, 0.6) is 0 Å². The van der Waals surface area contributed by atoms with E-state index in [0.29, 0.717) is 5.92 Å². The van der Waals surface area contributed by atoms with Gasteiger partial charge in [0.15, 0.2) is 5.82 Å². The number of piperidine rings is 1. The summed E-state index contributed by atoms with van der Waals surface area (Å²) >= 11 is 0. The van der Waals surface area contributed by atoms with Crippen molar-refractivity contribution in [2.75, 3.05) is 31.5 Å². The molecule has 1 saturated heterocycles. The van der Waals surface area contributed by atoms with Gasteiger partial charge in [-0.05, 0) is 63.7 Å². The second-order valence-corrected chi connectivity index (χ2v) is 7.56. The molecular formula is C19H29N5. The van der Waals surface area contributed by atoms with Crippen molar-refractivity contribution in [1.82, 2.24) is 19.4 Å². The van der Waals surface area contributed by atoms with Crippen molar-refractivity contribution in [3.63, 3.8) is 0 Å². The number of rotatable bonds is 6. The number of anilines is 1. The predicted molar refractivity (Wildman–Crippen MR) is 98.4 cm³/mol. The standard InChI is InChI=1S/C19H29N5/c1-3-8-24-9-6-15(7-10-24)16-11-17-18(21-13-23(17)2)19(22-16)20-12-14-4-5-14/h11,13-15H,3-10,12H2,1-2H3,(H,20,22). The summed E-state index contributed by atoms with van der Waals surface area (Å²) in [6, 6.07) is 2.27. The Morgan fingerprint density at radius 1 is 1.21 bits per heavy atom. The SMILES string of the molecule is CCCN1CCC(c2cc3c(ncn3C)c(NCC3CC3)n2)CC1. The van der Waals surface area contributed by atoms with Crippen LogP contribution in [0.2, 0.25) is 0 Å². The molecule has 1 aliphatic heterocycles. The minimum atomic E-state index is 0.582. The number of nitrogens with zero attached hydrogens (tertiary/aromatic N) is 4. The summed E-state index contributed by atoms with van der Waals surface area (Å²) in [5.74, 6) is 2.41. The van der Waals surface area contributed by atoms with E-state index in [1.165, 1.54) is 62.9 Å². The molecule has 2 aromatic rings. The van der Waals surface area contributed by atoms with E-state index < -0.39 is 0 Å². The summed E-state index contributed by atoms with van der Waals surface area (Å²) in [7, 11) is 2.08. The highest BCUT2D eigenvalue weighted by Gasteiger charge is 2.24. The molecule has 4 rings (SSSR count). The molecule has 1 saturated carbocycles. The molecule has 0 spiro atoms. The largest absolute Gasteiger partial charge is 0.368 e. The quantitative estimate of drug-likeness (QED) is 0.883. The van der Waals surface area contributed by atoms with Gasteiger partial charge in [0, 0.05) is 25.2 Å². The average Bonchev–Trinajstić information content (AvgIpc) is 3.36. The summed E-state index contributed by atoms with van der Waals surface area (Å²) in [6.07, 6.45) is 8.31. The van der Waals surface area contributed by atoms with E-state index in [4.69, 9.17) is 4.98 Å². The predicted octanol–water partition coefficient (Wildman–Crippen LogP) is 3.38. The normalized spacial score (nSPS) is 19.9. The number of imidazole rings is 1. The highest BCUT2D eigenvalue weighted by atomic mass is 15.1. The number of likely N-dealkylation sites (tertiary alicyclic amines) is 1. The van der Waals surface area contributed by atoms with Gasteiger partial charge in [0.1, 0.15) is 5.52 Å². The number of aromatic nitrogens is 3. The van der Waals surface area contributed by atoms with Crippen molar-refractivity contribution < 1.29 is 0 Å². The van der Waals surface area contributed by atoms with Crippen LogP contribution in [0.25, 0.3) is 11.0 Å². The third-order valence-electron chi connectivity index (χ3n) is 5.53. The number of nitrogens with one attached hydrogen (secondary N) is 1. The Morgan fingerprint density at radius 3 is 2.71 bits per heavy atom. The number of pyridine rings is 1. The van der Waals surface area contributed by atoms with Gasteiger partial charge in [0.05, 0.1) is 11.8 Å². The Balaban J connectivity index is 1.57. The maximum Gasteiger partial charge on any atom is 0.154 e. The molecule has 0 bridgehead atoms. The zero-order chi connectivity index (χ0) is 16.5. The maximum absolute atomic E-state index is 5.00. The molecule has 1 aliphatic carbocycles. The number of hydrogen-bond acceptors (Lipinski definition) is 4. The minimum absolute atomic E-state index is 0.582. The summed E-state index contributed by atoms with van der Waals surface area (Å²) in [5.41, 5.74) is 3.47. The molecule has 2 aliphatic rings. The molecule has 5 heteroatoms. The molecule has 0 atom stereocenters. The molecule has 24 heavy (non-hydrogen) atoms.